The Bertz CT molecular complexity index is 756. The predicted molar refractivity (Wildman–Crippen MR) is 114 cm³/mol. The van der Waals surface area contributed by atoms with Crippen molar-refractivity contribution in [1.29, 1.82) is 0 Å². The highest BCUT2D eigenvalue weighted by atomic mass is 16.5. The van der Waals surface area contributed by atoms with Gasteiger partial charge in [-0.3, -0.25) is 14.4 Å². The first-order chi connectivity index (χ1) is 14.2. The number of nitrogens with one attached hydrogen (secondary N) is 1. The number of hydrogen-bond donors (Lipinski definition) is 1. The minimum absolute atomic E-state index is 0.0221. The zero-order valence-electron chi connectivity index (χ0n) is 18.7. The highest BCUT2D eigenvalue weighted by molar-refractivity contribution is 5.85. The van der Waals surface area contributed by atoms with Crippen LogP contribution >= 0.6 is 0 Å². The zero-order chi connectivity index (χ0) is 22.3. The number of unbranched alkanes of at least 4 members (excludes halogenated alkanes) is 1. The van der Waals surface area contributed by atoms with Gasteiger partial charge in [-0.2, -0.15) is 0 Å². The number of ether oxygens (including phenoxy) is 2. The average Bonchev–Trinajstić information content (AvgIpc) is 2.69. The van der Waals surface area contributed by atoms with Gasteiger partial charge in [0.2, 0.25) is 5.91 Å². The van der Waals surface area contributed by atoms with Crippen molar-refractivity contribution in [3.05, 3.63) is 29.8 Å². The highest BCUT2D eigenvalue weighted by Gasteiger charge is 2.42. The molecule has 1 saturated heterocycles. The van der Waals surface area contributed by atoms with Gasteiger partial charge in [0.05, 0.1) is 19.1 Å². The van der Waals surface area contributed by atoms with E-state index in [1.54, 1.807) is 12.0 Å². The van der Waals surface area contributed by atoms with E-state index in [-0.39, 0.29) is 24.8 Å². The summed E-state index contributed by atoms with van der Waals surface area (Å²) in [6.07, 6.45) is 2.44. The number of para-hydroxylation sites is 1. The maximum Gasteiger partial charge on any atom is 0.311 e. The predicted octanol–water partition coefficient (Wildman–Crippen LogP) is 3.23. The van der Waals surface area contributed by atoms with E-state index in [0.29, 0.717) is 18.7 Å². The number of amides is 2. The molecule has 2 rings (SSSR count). The van der Waals surface area contributed by atoms with Gasteiger partial charge in [-0.1, -0.05) is 31.5 Å². The smallest absolute Gasteiger partial charge is 0.311 e. The maximum atomic E-state index is 13.0. The van der Waals surface area contributed by atoms with Crippen molar-refractivity contribution in [1.82, 2.24) is 10.2 Å². The van der Waals surface area contributed by atoms with E-state index in [9.17, 15) is 14.4 Å². The van der Waals surface area contributed by atoms with Gasteiger partial charge in [0, 0.05) is 24.1 Å². The van der Waals surface area contributed by atoms with Crippen LogP contribution in [0, 0.1) is 5.92 Å². The third-order valence-electron chi connectivity index (χ3n) is 5.08. The minimum atomic E-state index is -0.557. The first-order valence-electron chi connectivity index (χ1n) is 10.6. The van der Waals surface area contributed by atoms with Crippen LogP contribution in [0.5, 0.6) is 5.75 Å². The van der Waals surface area contributed by atoms with Crippen LogP contribution in [0.15, 0.2) is 24.3 Å². The topological polar surface area (TPSA) is 84.9 Å². The van der Waals surface area contributed by atoms with Gasteiger partial charge in [-0.05, 0) is 39.7 Å². The molecule has 0 bridgehead atoms. The van der Waals surface area contributed by atoms with Crippen molar-refractivity contribution in [3.8, 4) is 5.75 Å². The summed E-state index contributed by atoms with van der Waals surface area (Å²) in [5.41, 5.74) is 0.378. The number of esters is 1. The molecule has 1 aliphatic rings. The van der Waals surface area contributed by atoms with Gasteiger partial charge in [0.25, 0.3) is 5.91 Å². The van der Waals surface area contributed by atoms with Gasteiger partial charge in [-0.25, -0.2) is 0 Å². The van der Waals surface area contributed by atoms with Gasteiger partial charge >= 0.3 is 5.97 Å². The maximum absolute atomic E-state index is 13.0. The van der Waals surface area contributed by atoms with Crippen LogP contribution in [0.2, 0.25) is 0 Å². The summed E-state index contributed by atoms with van der Waals surface area (Å²) < 4.78 is 10.9. The van der Waals surface area contributed by atoms with E-state index in [2.05, 4.69) is 12.2 Å². The summed E-state index contributed by atoms with van der Waals surface area (Å²) in [4.78, 5) is 39.6. The number of methoxy groups -OCH3 is 1. The van der Waals surface area contributed by atoms with Gasteiger partial charge in [-0.15, -0.1) is 0 Å². The molecule has 1 aromatic rings. The quantitative estimate of drug-likeness (QED) is 0.655. The molecule has 166 valence electrons. The van der Waals surface area contributed by atoms with Crippen LogP contribution in [-0.4, -0.2) is 48.5 Å². The fourth-order valence-electron chi connectivity index (χ4n) is 3.79. The third kappa shape index (κ3) is 6.21. The molecule has 7 heteroatoms. The van der Waals surface area contributed by atoms with Crippen molar-refractivity contribution in [2.75, 3.05) is 20.3 Å². The Morgan fingerprint density at radius 1 is 1.23 bits per heavy atom. The molecule has 2 amide bonds. The van der Waals surface area contributed by atoms with Crippen LogP contribution in [0.3, 0.4) is 0 Å². The SMILES string of the molecule is CCCCN1C(=O)CC[C@H](C(=O)OCC(=O)NC(C)(C)C)[C@H]1c1ccccc1OC. The molecule has 1 aromatic carbocycles. The standard InChI is InChI=1S/C23H34N2O5/c1-6-7-14-25-20(27)13-12-17(21(25)16-10-8-9-11-18(16)29-5)22(28)30-15-19(26)24-23(2,3)4/h8-11,17,21H,6-7,12-15H2,1-5H3,(H,24,26)/t17-,21+/m0/s1. The highest BCUT2D eigenvalue weighted by Crippen LogP contribution is 2.41. The number of piperidine rings is 1. The van der Waals surface area contributed by atoms with E-state index in [4.69, 9.17) is 9.47 Å². The second kappa shape index (κ2) is 10.5. The lowest BCUT2D eigenvalue weighted by Crippen LogP contribution is -2.47. The fourth-order valence-corrected chi connectivity index (χ4v) is 3.79. The summed E-state index contributed by atoms with van der Waals surface area (Å²) in [5.74, 6) is -0.725. The first kappa shape index (κ1) is 23.7. The Morgan fingerprint density at radius 3 is 2.57 bits per heavy atom. The van der Waals surface area contributed by atoms with Crippen LogP contribution in [0.1, 0.15) is 65.0 Å². The molecular formula is C23H34N2O5. The lowest BCUT2D eigenvalue weighted by molar-refractivity contribution is -0.160. The van der Waals surface area contributed by atoms with E-state index in [1.165, 1.54) is 0 Å². The van der Waals surface area contributed by atoms with Crippen LogP contribution in [-0.2, 0) is 19.1 Å². The molecule has 0 unspecified atom stereocenters. The summed E-state index contributed by atoms with van der Waals surface area (Å²) in [6.45, 7) is 7.88. The number of hydrogen-bond acceptors (Lipinski definition) is 5. The Balaban J connectivity index is 2.27. The lowest BCUT2D eigenvalue weighted by Gasteiger charge is -2.40. The molecule has 0 aliphatic carbocycles. The molecular weight excluding hydrogens is 384 g/mol. The van der Waals surface area contributed by atoms with E-state index >= 15 is 0 Å². The van der Waals surface area contributed by atoms with Gasteiger partial charge < -0.3 is 19.7 Å². The largest absolute Gasteiger partial charge is 0.496 e. The lowest BCUT2D eigenvalue weighted by atomic mass is 9.83. The third-order valence-corrected chi connectivity index (χ3v) is 5.08. The minimum Gasteiger partial charge on any atom is -0.496 e. The van der Waals surface area contributed by atoms with Gasteiger partial charge in [0.15, 0.2) is 6.61 Å². The van der Waals surface area contributed by atoms with Crippen molar-refractivity contribution in [2.45, 2.75) is 65.0 Å². The number of nitrogens with zero attached hydrogens (tertiary/aromatic N) is 1. The van der Waals surface area contributed by atoms with Gasteiger partial charge in [0.1, 0.15) is 5.75 Å². The molecule has 7 nitrogen and oxygen atoms in total. The Hall–Kier alpha value is -2.57. The fraction of sp³-hybridized carbons (Fsp3) is 0.609. The summed E-state index contributed by atoms with van der Waals surface area (Å²) >= 11 is 0. The molecule has 2 atom stereocenters. The summed E-state index contributed by atoms with van der Waals surface area (Å²) in [7, 11) is 1.57. The van der Waals surface area contributed by atoms with E-state index in [0.717, 1.165) is 18.4 Å². The monoisotopic (exact) mass is 418 g/mol. The Morgan fingerprint density at radius 2 is 1.93 bits per heavy atom. The number of likely N-dealkylation sites (tertiary alicyclic amines) is 1. The molecule has 1 heterocycles. The molecule has 1 N–H and O–H groups in total. The average molecular weight is 419 g/mol. The Kier molecular flexibility index (Phi) is 8.26. The Labute approximate surface area is 179 Å². The second-order valence-corrected chi connectivity index (χ2v) is 8.68. The van der Waals surface area contributed by atoms with Crippen molar-refractivity contribution < 1.29 is 23.9 Å². The summed E-state index contributed by atoms with van der Waals surface area (Å²) in [5, 5.41) is 2.78. The second-order valence-electron chi connectivity index (χ2n) is 8.68. The van der Waals surface area contributed by atoms with Crippen molar-refractivity contribution in [2.24, 2.45) is 5.92 Å². The van der Waals surface area contributed by atoms with E-state index in [1.807, 2.05) is 45.0 Å². The molecule has 1 fully saturated rings. The normalized spacial score (nSPS) is 19.4. The number of carbonyl (C=O) groups is 3. The van der Waals surface area contributed by atoms with Crippen LogP contribution in [0.4, 0.5) is 0 Å². The molecule has 0 saturated carbocycles. The van der Waals surface area contributed by atoms with Crippen molar-refractivity contribution in [3.63, 3.8) is 0 Å². The first-order valence-corrected chi connectivity index (χ1v) is 10.6. The van der Waals surface area contributed by atoms with Crippen LogP contribution in [0.25, 0.3) is 0 Å². The molecule has 30 heavy (non-hydrogen) atoms. The molecule has 1 aliphatic heterocycles. The van der Waals surface area contributed by atoms with Crippen LogP contribution < -0.4 is 10.1 Å². The summed E-state index contributed by atoms with van der Waals surface area (Å²) in [6, 6.07) is 6.95. The molecule has 0 radical (unpaired) electrons. The van der Waals surface area contributed by atoms with E-state index < -0.39 is 23.5 Å². The molecule has 0 aromatic heterocycles. The van der Waals surface area contributed by atoms with Crippen molar-refractivity contribution >= 4 is 17.8 Å². The number of benzene rings is 1. The number of rotatable bonds is 8. The molecule has 0 spiro atoms. The zero-order valence-corrected chi connectivity index (χ0v) is 18.7. The number of carbonyl (C=O) groups excluding carboxylic acids is 3.